The van der Waals surface area contributed by atoms with E-state index in [9.17, 15) is 23.2 Å². The van der Waals surface area contributed by atoms with E-state index in [1.807, 2.05) is 0 Å². The van der Waals surface area contributed by atoms with Crippen LogP contribution in [0.1, 0.15) is 40.0 Å². The lowest BCUT2D eigenvalue weighted by Gasteiger charge is -2.42. The highest BCUT2D eigenvalue weighted by Gasteiger charge is 2.39. The summed E-state index contributed by atoms with van der Waals surface area (Å²) >= 11 is 0. The number of rotatable bonds is 4. The van der Waals surface area contributed by atoms with Crippen LogP contribution in [0.5, 0.6) is 5.75 Å². The van der Waals surface area contributed by atoms with Crippen LogP contribution in [0.25, 0.3) is 0 Å². The fourth-order valence-corrected chi connectivity index (χ4v) is 4.19. The van der Waals surface area contributed by atoms with E-state index in [0.29, 0.717) is 18.9 Å². The summed E-state index contributed by atoms with van der Waals surface area (Å²) in [4.78, 5) is 38.2. The zero-order valence-corrected chi connectivity index (χ0v) is 17.7. The lowest BCUT2D eigenvalue weighted by molar-refractivity contribution is -0.148. The maximum absolute atomic E-state index is 13.4. The van der Waals surface area contributed by atoms with Crippen LogP contribution in [0.2, 0.25) is 0 Å². The second kappa shape index (κ2) is 9.14. The number of fused-ring (bicyclic) bond motifs is 2. The number of ether oxygens (including phenoxy) is 2. The van der Waals surface area contributed by atoms with Crippen molar-refractivity contribution in [2.75, 3.05) is 19.0 Å². The van der Waals surface area contributed by atoms with E-state index < -0.39 is 35.7 Å². The molecule has 1 saturated heterocycles. The maximum atomic E-state index is 13.4. The van der Waals surface area contributed by atoms with Crippen molar-refractivity contribution in [1.29, 1.82) is 0 Å². The van der Waals surface area contributed by atoms with Crippen molar-refractivity contribution in [3.63, 3.8) is 0 Å². The van der Waals surface area contributed by atoms with Crippen LogP contribution < -0.4 is 10.1 Å². The number of nitrogens with one attached hydrogen (secondary N) is 1. The number of nitrogens with zero attached hydrogens (tertiary/aromatic N) is 1. The first kappa shape index (κ1) is 22.7. The molecular formula is C23H22F2N2O6. The van der Waals surface area contributed by atoms with E-state index in [2.05, 4.69) is 5.32 Å². The number of anilines is 1. The molecule has 10 heteroatoms. The molecular weight excluding hydrogens is 438 g/mol. The van der Waals surface area contributed by atoms with Crippen molar-refractivity contribution in [2.24, 2.45) is 0 Å². The Labute approximate surface area is 188 Å². The fourth-order valence-electron chi connectivity index (χ4n) is 4.19. The van der Waals surface area contributed by atoms with Crippen LogP contribution in [-0.4, -0.2) is 59.7 Å². The van der Waals surface area contributed by atoms with Gasteiger partial charge in [0.1, 0.15) is 30.1 Å². The highest BCUT2D eigenvalue weighted by Crippen LogP contribution is 2.32. The van der Waals surface area contributed by atoms with Gasteiger partial charge in [0.2, 0.25) is 0 Å². The average molecular weight is 460 g/mol. The third kappa shape index (κ3) is 4.95. The largest absolute Gasteiger partial charge is 0.490 e. The SMILES string of the molecule is CN1C(=O)c2cc(NC(=O)c3cc(F)cc(F)c3)ccc2OC[C@@H]2O[C@H](CC(=O)O)CC[C@@H]21. The minimum absolute atomic E-state index is 0.115. The Morgan fingerprint density at radius 1 is 1.15 bits per heavy atom. The zero-order valence-electron chi connectivity index (χ0n) is 17.7. The van der Waals surface area contributed by atoms with E-state index in [1.54, 1.807) is 7.05 Å². The number of carboxylic acids is 1. The molecule has 1 fully saturated rings. The maximum Gasteiger partial charge on any atom is 0.305 e. The number of aliphatic carboxylic acids is 1. The highest BCUT2D eigenvalue weighted by molar-refractivity contribution is 6.05. The van der Waals surface area contributed by atoms with Gasteiger partial charge in [-0.05, 0) is 43.2 Å². The molecule has 0 aromatic heterocycles. The molecule has 2 aromatic carbocycles. The average Bonchev–Trinajstić information content (AvgIpc) is 2.75. The molecule has 2 N–H and O–H groups in total. The lowest BCUT2D eigenvalue weighted by atomic mass is 9.94. The van der Waals surface area contributed by atoms with Crippen LogP contribution in [0.3, 0.4) is 0 Å². The van der Waals surface area contributed by atoms with Crippen molar-refractivity contribution >= 4 is 23.5 Å². The summed E-state index contributed by atoms with van der Waals surface area (Å²) in [6, 6.07) is 6.65. The van der Waals surface area contributed by atoms with E-state index in [0.717, 1.165) is 12.1 Å². The molecule has 0 aliphatic carbocycles. The van der Waals surface area contributed by atoms with Crippen LogP contribution in [0, 0.1) is 11.6 Å². The third-order valence-electron chi connectivity index (χ3n) is 5.80. The first-order valence-corrected chi connectivity index (χ1v) is 10.4. The number of carbonyl (C=O) groups excluding carboxylic acids is 2. The Kier molecular flexibility index (Phi) is 6.28. The fraction of sp³-hybridized carbons (Fsp3) is 0.348. The topological polar surface area (TPSA) is 105 Å². The number of carbonyl (C=O) groups is 3. The number of benzene rings is 2. The molecule has 0 radical (unpaired) electrons. The molecule has 2 heterocycles. The summed E-state index contributed by atoms with van der Waals surface area (Å²) in [6.07, 6.45) is 0.0199. The van der Waals surface area contributed by atoms with Gasteiger partial charge in [0, 0.05) is 24.4 Å². The molecule has 0 saturated carbocycles. The molecule has 0 bridgehead atoms. The Morgan fingerprint density at radius 3 is 2.58 bits per heavy atom. The molecule has 2 amide bonds. The molecule has 2 aliphatic heterocycles. The summed E-state index contributed by atoms with van der Waals surface area (Å²) in [5.41, 5.74) is 0.274. The van der Waals surface area contributed by atoms with Gasteiger partial charge in [-0.2, -0.15) is 0 Å². The predicted octanol–water partition coefficient (Wildman–Crippen LogP) is 3.07. The summed E-state index contributed by atoms with van der Waals surface area (Å²) in [5, 5.41) is 11.6. The Hall–Kier alpha value is -3.53. The van der Waals surface area contributed by atoms with Gasteiger partial charge < -0.3 is 24.8 Å². The first-order valence-electron chi connectivity index (χ1n) is 10.4. The predicted molar refractivity (Wildman–Crippen MR) is 112 cm³/mol. The van der Waals surface area contributed by atoms with Crippen molar-refractivity contribution in [3.8, 4) is 5.75 Å². The number of halogens is 2. The van der Waals surface area contributed by atoms with Gasteiger partial charge in [-0.1, -0.05) is 0 Å². The van der Waals surface area contributed by atoms with Crippen LogP contribution in [0.15, 0.2) is 36.4 Å². The summed E-state index contributed by atoms with van der Waals surface area (Å²) in [7, 11) is 1.64. The van der Waals surface area contributed by atoms with Gasteiger partial charge in [-0.15, -0.1) is 0 Å². The second-order valence-corrected chi connectivity index (χ2v) is 8.09. The van der Waals surface area contributed by atoms with Crippen molar-refractivity contribution in [3.05, 3.63) is 59.2 Å². The molecule has 0 unspecified atom stereocenters. The smallest absolute Gasteiger partial charge is 0.305 e. The third-order valence-corrected chi connectivity index (χ3v) is 5.80. The van der Waals surface area contributed by atoms with E-state index >= 15 is 0 Å². The van der Waals surface area contributed by atoms with Crippen molar-refractivity contribution in [1.82, 2.24) is 4.90 Å². The van der Waals surface area contributed by atoms with Crippen molar-refractivity contribution < 1.29 is 37.7 Å². The second-order valence-electron chi connectivity index (χ2n) is 8.09. The minimum atomic E-state index is -0.949. The zero-order chi connectivity index (χ0) is 23.7. The minimum Gasteiger partial charge on any atom is -0.490 e. The molecule has 0 spiro atoms. The normalized spacial score (nSPS) is 22.3. The Morgan fingerprint density at radius 2 is 1.88 bits per heavy atom. The van der Waals surface area contributed by atoms with Gasteiger partial charge in [0.05, 0.1) is 24.1 Å². The quantitative estimate of drug-likeness (QED) is 0.727. The van der Waals surface area contributed by atoms with Gasteiger partial charge >= 0.3 is 5.97 Å². The Balaban J connectivity index is 1.54. The monoisotopic (exact) mass is 460 g/mol. The number of carboxylic acid groups (broad SMARTS) is 1. The number of hydrogen-bond acceptors (Lipinski definition) is 5. The van der Waals surface area contributed by atoms with Gasteiger partial charge in [-0.3, -0.25) is 14.4 Å². The summed E-state index contributed by atoms with van der Waals surface area (Å²) in [5.74, 6) is -3.50. The van der Waals surface area contributed by atoms with Gasteiger partial charge in [-0.25, -0.2) is 8.78 Å². The molecule has 3 atom stereocenters. The molecule has 2 aromatic rings. The standard InChI is InChI=1S/C23H22F2N2O6/c1-27-18-4-3-16(10-21(28)29)33-20(18)11-32-19-5-2-15(9-17(19)23(27)31)26-22(30)12-6-13(24)8-14(25)7-12/h2,5-9,16,18,20H,3-4,10-11H2,1H3,(H,26,30)(H,28,29)/t16-,18-,20-/m0/s1. The number of amides is 2. The van der Waals surface area contributed by atoms with E-state index in [1.165, 1.54) is 23.1 Å². The van der Waals surface area contributed by atoms with E-state index in [-0.39, 0.29) is 47.5 Å². The lowest BCUT2D eigenvalue weighted by Crippen LogP contribution is -2.53. The Bertz CT molecular complexity index is 1090. The number of hydrogen-bond donors (Lipinski definition) is 2. The number of likely N-dealkylation sites (N-methyl/N-ethyl adjacent to an activating group) is 1. The summed E-state index contributed by atoms with van der Waals surface area (Å²) in [6.45, 7) is 0.125. The van der Waals surface area contributed by atoms with E-state index in [4.69, 9.17) is 14.6 Å². The van der Waals surface area contributed by atoms with Gasteiger partial charge in [0.15, 0.2) is 0 Å². The van der Waals surface area contributed by atoms with Crippen molar-refractivity contribution in [2.45, 2.75) is 37.5 Å². The molecule has 4 rings (SSSR count). The van der Waals surface area contributed by atoms with Crippen LogP contribution >= 0.6 is 0 Å². The summed E-state index contributed by atoms with van der Waals surface area (Å²) < 4.78 is 38.6. The van der Waals surface area contributed by atoms with Crippen LogP contribution in [0.4, 0.5) is 14.5 Å². The highest BCUT2D eigenvalue weighted by atomic mass is 19.1. The first-order chi connectivity index (χ1) is 15.7. The molecule has 2 aliphatic rings. The molecule has 8 nitrogen and oxygen atoms in total. The van der Waals surface area contributed by atoms with Crippen LogP contribution in [-0.2, 0) is 9.53 Å². The molecule has 174 valence electrons. The molecule has 33 heavy (non-hydrogen) atoms. The van der Waals surface area contributed by atoms with Gasteiger partial charge in [0.25, 0.3) is 11.8 Å².